The fourth-order valence-corrected chi connectivity index (χ4v) is 9.79. The molecule has 0 amide bonds. The van der Waals surface area contributed by atoms with Crippen molar-refractivity contribution in [2.45, 2.75) is 95.2 Å². The summed E-state index contributed by atoms with van der Waals surface area (Å²) in [7, 11) is 0. The lowest BCUT2D eigenvalue weighted by Crippen LogP contribution is -2.55. The number of hydrogen-bond acceptors (Lipinski definition) is 3. The highest BCUT2D eigenvalue weighted by molar-refractivity contribution is 8.08. The molecular weight excluding hydrogens is 328 g/mol. The smallest absolute Gasteiger partial charge is 0.302 e. The Labute approximate surface area is 157 Å². The van der Waals surface area contributed by atoms with E-state index in [0.717, 1.165) is 35.3 Å². The fourth-order valence-electron chi connectivity index (χ4n) is 8.30. The Morgan fingerprint density at radius 1 is 1.00 bits per heavy atom. The van der Waals surface area contributed by atoms with E-state index < -0.39 is 0 Å². The second-order valence-electron chi connectivity index (χ2n) is 10.7. The first-order chi connectivity index (χ1) is 11.8. The molecule has 2 nitrogen and oxygen atoms in total. The lowest BCUT2D eigenvalue weighted by molar-refractivity contribution is -0.161. The average molecular weight is 363 g/mol. The van der Waals surface area contributed by atoms with Crippen LogP contribution in [0.2, 0.25) is 0 Å². The van der Waals surface area contributed by atoms with Crippen LogP contribution in [0.5, 0.6) is 0 Å². The minimum absolute atomic E-state index is 0.0818. The maximum Gasteiger partial charge on any atom is 0.302 e. The van der Waals surface area contributed by atoms with Crippen LogP contribution in [0.15, 0.2) is 0 Å². The summed E-state index contributed by atoms with van der Waals surface area (Å²) < 4.78 is 6.39. The number of fused-ring (bicyclic) bond motifs is 6. The van der Waals surface area contributed by atoms with Crippen molar-refractivity contribution < 1.29 is 9.53 Å². The zero-order chi connectivity index (χ0) is 17.6. The summed E-state index contributed by atoms with van der Waals surface area (Å²) in [6.45, 7) is 9.22. The second kappa shape index (κ2) is 5.20. The molecule has 5 fully saturated rings. The topological polar surface area (TPSA) is 26.3 Å². The third-order valence-corrected chi connectivity index (χ3v) is 11.3. The summed E-state index contributed by atoms with van der Waals surface area (Å²) in [6.07, 6.45) is 11.0. The SMILES string of the molecule is CC(=O)O[C@H]1CC[C@H]2[C@@H]3CC[C@H]4C[C@H]5S[C@@]5(C)C[C@]4(C)[C@H]3CC[C@]12C. The first-order valence-electron chi connectivity index (χ1n) is 10.6. The molecule has 3 heteroatoms. The summed E-state index contributed by atoms with van der Waals surface area (Å²) in [6, 6.07) is 0. The first kappa shape index (κ1) is 17.0. The molecule has 4 saturated carbocycles. The van der Waals surface area contributed by atoms with Crippen molar-refractivity contribution in [3.8, 4) is 0 Å². The van der Waals surface area contributed by atoms with Crippen molar-refractivity contribution in [2.24, 2.45) is 34.5 Å². The molecule has 0 spiro atoms. The Balaban J connectivity index is 1.42. The van der Waals surface area contributed by atoms with E-state index in [1.54, 1.807) is 6.92 Å². The predicted octanol–water partition coefficient (Wildman–Crippen LogP) is 5.44. The van der Waals surface area contributed by atoms with Gasteiger partial charge < -0.3 is 4.74 Å². The number of rotatable bonds is 1. The number of carbonyl (C=O) groups excluding carboxylic acids is 1. The van der Waals surface area contributed by atoms with Crippen molar-refractivity contribution >= 4 is 17.7 Å². The average Bonchev–Trinajstić information content (AvgIpc) is 3.06. The molecule has 0 N–H and O–H groups in total. The molecule has 0 unspecified atom stereocenters. The van der Waals surface area contributed by atoms with Crippen LogP contribution in [-0.4, -0.2) is 22.1 Å². The molecule has 25 heavy (non-hydrogen) atoms. The highest BCUT2D eigenvalue weighted by atomic mass is 32.2. The van der Waals surface area contributed by atoms with Crippen LogP contribution >= 0.6 is 11.8 Å². The molecule has 1 aliphatic heterocycles. The van der Waals surface area contributed by atoms with Gasteiger partial charge in [-0.05, 0) is 87.4 Å². The van der Waals surface area contributed by atoms with Gasteiger partial charge in [0.2, 0.25) is 0 Å². The Morgan fingerprint density at radius 3 is 2.52 bits per heavy atom. The van der Waals surface area contributed by atoms with Gasteiger partial charge in [0.15, 0.2) is 0 Å². The van der Waals surface area contributed by atoms with Crippen LogP contribution in [0.1, 0.15) is 79.1 Å². The van der Waals surface area contributed by atoms with E-state index in [1.807, 2.05) is 0 Å². The standard InChI is InChI=1S/C22H34O2S/c1-13(23)24-18-8-7-16-15-6-5-14-11-19-22(4,25-19)12-21(14,3)17(15)9-10-20(16,18)2/h14-19H,5-12H2,1-4H3/t14-,15-,16-,17-,18-,19+,20-,21-,22-/m0/s1. The normalized spacial score (nSPS) is 59.2. The third kappa shape index (κ3) is 2.26. The van der Waals surface area contributed by atoms with Gasteiger partial charge in [0.1, 0.15) is 6.10 Å². The van der Waals surface area contributed by atoms with E-state index in [9.17, 15) is 4.79 Å². The van der Waals surface area contributed by atoms with E-state index in [1.165, 1.54) is 44.9 Å². The van der Waals surface area contributed by atoms with Crippen LogP contribution in [-0.2, 0) is 9.53 Å². The second-order valence-corrected chi connectivity index (χ2v) is 12.4. The molecule has 140 valence electrons. The van der Waals surface area contributed by atoms with E-state index >= 15 is 0 Å². The van der Waals surface area contributed by atoms with Crippen LogP contribution in [0.4, 0.5) is 0 Å². The van der Waals surface area contributed by atoms with E-state index in [2.05, 4.69) is 32.5 Å². The molecule has 0 aromatic rings. The van der Waals surface area contributed by atoms with Crippen molar-refractivity contribution in [3.63, 3.8) is 0 Å². The summed E-state index contributed by atoms with van der Waals surface area (Å²) in [4.78, 5) is 11.6. The van der Waals surface area contributed by atoms with Gasteiger partial charge in [-0.25, -0.2) is 0 Å². The molecule has 4 aliphatic carbocycles. The number of thioether (sulfide) groups is 1. The van der Waals surface area contributed by atoms with Crippen LogP contribution in [0.3, 0.4) is 0 Å². The van der Waals surface area contributed by atoms with E-state index in [-0.39, 0.29) is 17.5 Å². The minimum atomic E-state index is -0.0818. The van der Waals surface area contributed by atoms with Crippen molar-refractivity contribution in [3.05, 3.63) is 0 Å². The quantitative estimate of drug-likeness (QED) is 0.458. The highest BCUT2D eigenvalue weighted by Gasteiger charge is 2.67. The Kier molecular flexibility index (Phi) is 3.53. The van der Waals surface area contributed by atoms with Gasteiger partial charge in [-0.15, -0.1) is 11.8 Å². The molecule has 0 radical (unpaired) electrons. The van der Waals surface area contributed by atoms with E-state index in [4.69, 9.17) is 4.74 Å². The first-order valence-corrected chi connectivity index (χ1v) is 11.5. The predicted molar refractivity (Wildman–Crippen MR) is 102 cm³/mol. The van der Waals surface area contributed by atoms with Crippen LogP contribution in [0, 0.1) is 34.5 Å². The zero-order valence-corrected chi connectivity index (χ0v) is 17.2. The molecule has 5 rings (SSSR count). The maximum atomic E-state index is 11.6. The number of esters is 1. The van der Waals surface area contributed by atoms with Gasteiger partial charge in [0, 0.05) is 22.3 Å². The molecule has 0 aromatic carbocycles. The van der Waals surface area contributed by atoms with Gasteiger partial charge in [0.05, 0.1) is 0 Å². The largest absolute Gasteiger partial charge is 0.462 e. The monoisotopic (exact) mass is 362 g/mol. The fraction of sp³-hybridized carbons (Fsp3) is 0.955. The highest BCUT2D eigenvalue weighted by Crippen LogP contribution is 2.73. The third-order valence-electron chi connectivity index (χ3n) is 9.55. The lowest BCUT2D eigenvalue weighted by atomic mass is 9.44. The summed E-state index contributed by atoms with van der Waals surface area (Å²) in [5.74, 6) is 3.47. The molecular formula is C22H34O2S. The van der Waals surface area contributed by atoms with Gasteiger partial charge in [0.25, 0.3) is 0 Å². The number of carbonyl (C=O) groups is 1. The maximum absolute atomic E-state index is 11.6. The lowest BCUT2D eigenvalue weighted by Gasteiger charge is -2.60. The van der Waals surface area contributed by atoms with Gasteiger partial charge >= 0.3 is 5.97 Å². The van der Waals surface area contributed by atoms with Crippen LogP contribution < -0.4 is 0 Å². The molecule has 0 aromatic heterocycles. The Bertz CT molecular complexity index is 605. The van der Waals surface area contributed by atoms with Crippen molar-refractivity contribution in [1.82, 2.24) is 0 Å². The zero-order valence-electron chi connectivity index (χ0n) is 16.3. The van der Waals surface area contributed by atoms with E-state index in [0.29, 0.717) is 10.2 Å². The number of ether oxygens (including phenoxy) is 1. The van der Waals surface area contributed by atoms with Gasteiger partial charge in [-0.1, -0.05) is 13.8 Å². The summed E-state index contributed by atoms with van der Waals surface area (Å²) >= 11 is 2.27. The summed E-state index contributed by atoms with van der Waals surface area (Å²) in [5, 5.41) is 0.968. The molecule has 0 bridgehead atoms. The van der Waals surface area contributed by atoms with Crippen molar-refractivity contribution in [2.75, 3.05) is 0 Å². The minimum Gasteiger partial charge on any atom is -0.462 e. The molecule has 1 heterocycles. The molecule has 5 aliphatic rings. The Hall–Kier alpha value is -0.180. The molecule has 9 atom stereocenters. The van der Waals surface area contributed by atoms with Gasteiger partial charge in [-0.2, -0.15) is 0 Å². The molecule has 1 saturated heterocycles. The summed E-state index contributed by atoms with van der Waals surface area (Å²) in [5.41, 5.74) is 0.810. The van der Waals surface area contributed by atoms with Crippen LogP contribution in [0.25, 0.3) is 0 Å². The Morgan fingerprint density at radius 2 is 1.76 bits per heavy atom. The van der Waals surface area contributed by atoms with Gasteiger partial charge in [-0.3, -0.25) is 4.79 Å². The van der Waals surface area contributed by atoms with Crippen molar-refractivity contribution in [1.29, 1.82) is 0 Å². The number of hydrogen-bond donors (Lipinski definition) is 0.